The van der Waals surface area contributed by atoms with Crippen LogP contribution >= 0.6 is 0 Å². The third-order valence-electron chi connectivity index (χ3n) is 3.55. The number of aliphatic imine (C=N–C) groups is 1. The third-order valence-corrected chi connectivity index (χ3v) is 3.55. The molecular formula is C15H22N2. The van der Waals surface area contributed by atoms with E-state index in [9.17, 15) is 0 Å². The van der Waals surface area contributed by atoms with Crippen molar-refractivity contribution in [3.8, 4) is 0 Å². The first-order chi connectivity index (χ1) is 8.25. The van der Waals surface area contributed by atoms with E-state index < -0.39 is 0 Å². The normalized spacial score (nSPS) is 18.3. The summed E-state index contributed by atoms with van der Waals surface area (Å²) in [7, 11) is 0. The van der Waals surface area contributed by atoms with Crippen LogP contribution in [-0.2, 0) is 6.54 Å². The zero-order chi connectivity index (χ0) is 12.1. The van der Waals surface area contributed by atoms with E-state index in [0.29, 0.717) is 5.92 Å². The minimum Gasteiger partial charge on any atom is -0.387 e. The van der Waals surface area contributed by atoms with Crippen LogP contribution in [0.5, 0.6) is 0 Å². The lowest BCUT2D eigenvalue weighted by Crippen LogP contribution is -2.25. The highest BCUT2D eigenvalue weighted by Crippen LogP contribution is 2.23. The van der Waals surface area contributed by atoms with Crippen LogP contribution in [-0.4, -0.2) is 5.84 Å². The Morgan fingerprint density at radius 1 is 1.29 bits per heavy atom. The zero-order valence-electron chi connectivity index (χ0n) is 10.7. The molecule has 1 aliphatic carbocycles. The van der Waals surface area contributed by atoms with Gasteiger partial charge in [0.05, 0.1) is 12.4 Å². The molecule has 2 N–H and O–H groups in total. The minimum absolute atomic E-state index is 0.536. The number of hydrogen-bond acceptors (Lipinski definition) is 1. The molecule has 1 fully saturated rings. The topological polar surface area (TPSA) is 38.4 Å². The Labute approximate surface area is 104 Å². The Morgan fingerprint density at radius 2 is 2.06 bits per heavy atom. The van der Waals surface area contributed by atoms with Crippen LogP contribution < -0.4 is 5.73 Å². The highest BCUT2D eigenvalue weighted by atomic mass is 14.9. The summed E-state index contributed by atoms with van der Waals surface area (Å²) in [4.78, 5) is 4.55. The summed E-state index contributed by atoms with van der Waals surface area (Å²) in [5.74, 6) is 1.40. The highest BCUT2D eigenvalue weighted by molar-refractivity contribution is 5.82. The number of nitrogens with two attached hydrogens (primary N) is 1. The van der Waals surface area contributed by atoms with Gasteiger partial charge < -0.3 is 5.73 Å². The molecule has 0 spiro atoms. The van der Waals surface area contributed by atoms with E-state index in [-0.39, 0.29) is 0 Å². The maximum absolute atomic E-state index is 6.08. The molecule has 0 saturated heterocycles. The monoisotopic (exact) mass is 230 g/mol. The van der Waals surface area contributed by atoms with E-state index >= 15 is 0 Å². The average molecular weight is 230 g/mol. The van der Waals surface area contributed by atoms with Crippen molar-refractivity contribution in [2.75, 3.05) is 0 Å². The first-order valence-corrected chi connectivity index (χ1v) is 6.61. The fraction of sp³-hybridized carbons (Fsp3) is 0.533. The van der Waals surface area contributed by atoms with Crippen molar-refractivity contribution in [1.82, 2.24) is 0 Å². The average Bonchev–Trinajstić information content (AvgIpc) is 2.37. The molecule has 1 aromatic rings. The molecule has 2 rings (SSSR count). The fourth-order valence-electron chi connectivity index (χ4n) is 2.52. The summed E-state index contributed by atoms with van der Waals surface area (Å²) >= 11 is 0. The number of hydrogen-bond donors (Lipinski definition) is 1. The number of nitrogens with zero attached hydrogens (tertiary/aromatic N) is 1. The molecule has 92 valence electrons. The molecular weight excluding hydrogens is 208 g/mol. The van der Waals surface area contributed by atoms with Crippen molar-refractivity contribution in [1.29, 1.82) is 0 Å². The maximum Gasteiger partial charge on any atom is 0.0972 e. The maximum atomic E-state index is 6.08. The first kappa shape index (κ1) is 12.2. The Hall–Kier alpha value is -1.31. The number of rotatable bonds is 3. The van der Waals surface area contributed by atoms with E-state index in [0.717, 1.165) is 12.4 Å². The lowest BCUT2D eigenvalue weighted by Gasteiger charge is -2.20. The molecule has 2 heteroatoms. The van der Waals surface area contributed by atoms with E-state index in [4.69, 9.17) is 5.73 Å². The Bertz CT molecular complexity index is 390. The van der Waals surface area contributed by atoms with Gasteiger partial charge in [-0.05, 0) is 25.3 Å². The molecule has 0 aromatic heterocycles. The lowest BCUT2D eigenvalue weighted by molar-refractivity contribution is 0.436. The van der Waals surface area contributed by atoms with Crippen molar-refractivity contribution in [3.63, 3.8) is 0 Å². The van der Waals surface area contributed by atoms with E-state index in [1.807, 2.05) is 0 Å². The molecule has 0 amide bonds. The molecule has 0 radical (unpaired) electrons. The predicted molar refractivity (Wildman–Crippen MR) is 73.1 cm³/mol. The minimum atomic E-state index is 0.536. The van der Waals surface area contributed by atoms with Gasteiger partial charge >= 0.3 is 0 Å². The molecule has 1 aromatic carbocycles. The van der Waals surface area contributed by atoms with Gasteiger partial charge in [0, 0.05) is 5.92 Å². The molecule has 0 atom stereocenters. The van der Waals surface area contributed by atoms with Crippen LogP contribution in [0.15, 0.2) is 29.3 Å². The van der Waals surface area contributed by atoms with Gasteiger partial charge in [-0.15, -0.1) is 0 Å². The SMILES string of the molecule is Cc1cccc(CN=C(N)C2CCCCC2)c1. The molecule has 1 aliphatic rings. The molecule has 0 bridgehead atoms. The number of amidine groups is 1. The molecule has 0 unspecified atom stereocenters. The van der Waals surface area contributed by atoms with Crippen molar-refractivity contribution in [2.24, 2.45) is 16.6 Å². The molecule has 17 heavy (non-hydrogen) atoms. The quantitative estimate of drug-likeness (QED) is 0.627. The van der Waals surface area contributed by atoms with Crippen LogP contribution in [0, 0.1) is 12.8 Å². The number of benzene rings is 1. The number of aryl methyl sites for hydroxylation is 1. The zero-order valence-corrected chi connectivity index (χ0v) is 10.7. The van der Waals surface area contributed by atoms with Crippen molar-refractivity contribution >= 4 is 5.84 Å². The van der Waals surface area contributed by atoms with Gasteiger partial charge in [-0.25, -0.2) is 0 Å². The Morgan fingerprint density at radius 3 is 2.76 bits per heavy atom. The van der Waals surface area contributed by atoms with Crippen LogP contribution in [0.4, 0.5) is 0 Å². The van der Waals surface area contributed by atoms with Crippen molar-refractivity contribution in [2.45, 2.75) is 45.6 Å². The standard InChI is InChI=1S/C15H22N2/c1-12-6-5-7-13(10-12)11-17-15(16)14-8-3-2-4-9-14/h5-7,10,14H,2-4,8-9,11H2,1H3,(H2,16,17). The smallest absolute Gasteiger partial charge is 0.0972 e. The second-order valence-corrected chi connectivity index (χ2v) is 5.07. The summed E-state index contributed by atoms with van der Waals surface area (Å²) < 4.78 is 0. The summed E-state index contributed by atoms with van der Waals surface area (Å²) in [6.45, 7) is 2.84. The largest absolute Gasteiger partial charge is 0.387 e. The van der Waals surface area contributed by atoms with E-state index in [2.05, 4.69) is 36.2 Å². The predicted octanol–water partition coefficient (Wildman–Crippen LogP) is 3.43. The van der Waals surface area contributed by atoms with Crippen LogP contribution in [0.2, 0.25) is 0 Å². The molecule has 2 nitrogen and oxygen atoms in total. The van der Waals surface area contributed by atoms with Crippen molar-refractivity contribution < 1.29 is 0 Å². The van der Waals surface area contributed by atoms with Gasteiger partial charge in [0.15, 0.2) is 0 Å². The van der Waals surface area contributed by atoms with Gasteiger partial charge in [0.25, 0.3) is 0 Å². The van der Waals surface area contributed by atoms with Gasteiger partial charge in [-0.1, -0.05) is 49.1 Å². The third kappa shape index (κ3) is 3.58. The summed E-state index contributed by atoms with van der Waals surface area (Å²) in [5.41, 5.74) is 8.62. The highest BCUT2D eigenvalue weighted by Gasteiger charge is 2.16. The van der Waals surface area contributed by atoms with Crippen LogP contribution in [0.3, 0.4) is 0 Å². The van der Waals surface area contributed by atoms with E-state index in [1.54, 1.807) is 0 Å². The van der Waals surface area contributed by atoms with Crippen molar-refractivity contribution in [3.05, 3.63) is 35.4 Å². The molecule has 0 aliphatic heterocycles. The van der Waals surface area contributed by atoms with Crippen LogP contribution in [0.25, 0.3) is 0 Å². The van der Waals surface area contributed by atoms with Gasteiger partial charge in [0.2, 0.25) is 0 Å². The van der Waals surface area contributed by atoms with Gasteiger partial charge in [-0.3, -0.25) is 4.99 Å². The fourth-order valence-corrected chi connectivity index (χ4v) is 2.52. The van der Waals surface area contributed by atoms with Crippen LogP contribution in [0.1, 0.15) is 43.2 Å². The second-order valence-electron chi connectivity index (χ2n) is 5.07. The van der Waals surface area contributed by atoms with Gasteiger partial charge in [-0.2, -0.15) is 0 Å². The van der Waals surface area contributed by atoms with E-state index in [1.165, 1.54) is 43.2 Å². The Kier molecular flexibility index (Phi) is 4.18. The first-order valence-electron chi connectivity index (χ1n) is 6.61. The molecule has 1 saturated carbocycles. The summed E-state index contributed by atoms with van der Waals surface area (Å²) in [6, 6.07) is 8.48. The summed E-state index contributed by atoms with van der Waals surface area (Å²) in [5, 5.41) is 0. The molecule has 0 heterocycles. The second kappa shape index (κ2) is 5.85. The Balaban J connectivity index is 1.95. The summed E-state index contributed by atoms with van der Waals surface area (Å²) in [6.07, 6.45) is 6.44. The van der Waals surface area contributed by atoms with Gasteiger partial charge in [0.1, 0.15) is 0 Å². The lowest BCUT2D eigenvalue weighted by atomic mass is 9.88.